The molecule has 72 valence electrons. The normalized spacial score (nSPS) is 23.9. The third-order valence-electron chi connectivity index (χ3n) is 2.17. The fourth-order valence-corrected chi connectivity index (χ4v) is 1.64. The Labute approximate surface area is 87.6 Å². The lowest BCUT2D eigenvalue weighted by atomic mass is 10.1. The average Bonchev–Trinajstić information content (AvgIpc) is 2.52. The van der Waals surface area contributed by atoms with E-state index in [4.69, 9.17) is 11.6 Å². The second-order valence-corrected chi connectivity index (χ2v) is 3.65. The van der Waals surface area contributed by atoms with E-state index in [2.05, 4.69) is 5.32 Å². The van der Waals surface area contributed by atoms with E-state index in [9.17, 15) is 4.79 Å². The van der Waals surface area contributed by atoms with Crippen LogP contribution in [0, 0.1) is 0 Å². The Morgan fingerprint density at radius 3 is 2.64 bits per heavy atom. The minimum atomic E-state index is -0.504. The molecule has 1 unspecified atom stereocenters. The average molecular weight is 208 g/mol. The Bertz CT molecular complexity index is 372. The molecule has 1 saturated heterocycles. The Hall–Kier alpha value is -1.28. The minimum absolute atomic E-state index is 0.103. The van der Waals surface area contributed by atoms with E-state index in [1.165, 1.54) is 0 Å². The van der Waals surface area contributed by atoms with E-state index < -0.39 is 5.38 Å². The molecule has 14 heavy (non-hydrogen) atoms. The van der Waals surface area contributed by atoms with Gasteiger partial charge < -0.3 is 5.32 Å². The second-order valence-electron chi connectivity index (χ2n) is 3.21. The van der Waals surface area contributed by atoms with Gasteiger partial charge in [-0.15, -0.1) is 11.6 Å². The van der Waals surface area contributed by atoms with Gasteiger partial charge in [-0.3, -0.25) is 4.79 Å². The predicted octanol–water partition coefficient (Wildman–Crippen LogP) is 1.81. The van der Waals surface area contributed by atoms with Crippen molar-refractivity contribution in [2.45, 2.75) is 5.38 Å². The third-order valence-corrected chi connectivity index (χ3v) is 2.65. The summed E-state index contributed by atoms with van der Waals surface area (Å²) in [4.78, 5) is 11.1. The van der Waals surface area contributed by atoms with Crippen LogP contribution in [-0.2, 0) is 4.79 Å². The summed E-state index contributed by atoms with van der Waals surface area (Å²) in [6.45, 7) is 0.557. The van der Waals surface area contributed by atoms with Crippen molar-refractivity contribution in [2.75, 3.05) is 6.54 Å². The highest BCUT2D eigenvalue weighted by molar-refractivity contribution is 6.34. The van der Waals surface area contributed by atoms with Gasteiger partial charge in [-0.2, -0.15) is 0 Å². The molecular weight excluding hydrogens is 198 g/mol. The molecule has 1 amide bonds. The maximum absolute atomic E-state index is 11.1. The predicted molar refractivity (Wildman–Crippen MR) is 57.1 cm³/mol. The van der Waals surface area contributed by atoms with Crippen molar-refractivity contribution < 1.29 is 4.79 Å². The molecule has 1 aliphatic rings. The number of amides is 1. The summed E-state index contributed by atoms with van der Waals surface area (Å²) in [5, 5.41) is 2.20. The van der Waals surface area contributed by atoms with Gasteiger partial charge in [-0.05, 0) is 11.1 Å². The van der Waals surface area contributed by atoms with Crippen molar-refractivity contribution in [3.63, 3.8) is 0 Å². The number of nitrogens with one attached hydrogen (secondary N) is 1. The third kappa shape index (κ3) is 1.80. The molecule has 1 aromatic carbocycles. The summed E-state index contributed by atoms with van der Waals surface area (Å²) in [5.74, 6) is -0.103. The molecule has 0 saturated carbocycles. The molecule has 1 heterocycles. The van der Waals surface area contributed by atoms with E-state index in [0.717, 1.165) is 11.1 Å². The van der Waals surface area contributed by atoms with Crippen LogP contribution in [0.5, 0.6) is 0 Å². The molecule has 0 aliphatic carbocycles. The number of halogens is 1. The molecule has 2 rings (SSSR count). The molecular formula is C11H10ClNO. The number of benzene rings is 1. The standard InChI is InChI=1S/C11H10ClNO/c12-10-9(7-13-11(10)14)6-8-4-2-1-3-5-8/h1-6,10H,7H2,(H,13,14). The SMILES string of the molecule is O=C1NCC(=Cc2ccccc2)C1Cl. The molecule has 0 radical (unpaired) electrons. The number of hydrogen-bond acceptors (Lipinski definition) is 1. The molecule has 0 aromatic heterocycles. The summed E-state index contributed by atoms with van der Waals surface area (Å²) < 4.78 is 0. The lowest BCUT2D eigenvalue weighted by Gasteiger charge is -1.98. The zero-order valence-corrected chi connectivity index (χ0v) is 8.29. The Morgan fingerprint density at radius 1 is 1.36 bits per heavy atom. The van der Waals surface area contributed by atoms with Crippen molar-refractivity contribution >= 4 is 23.6 Å². The monoisotopic (exact) mass is 207 g/mol. The molecule has 1 aliphatic heterocycles. The zero-order chi connectivity index (χ0) is 9.97. The molecule has 1 aromatic rings. The highest BCUT2D eigenvalue weighted by Crippen LogP contribution is 2.18. The largest absolute Gasteiger partial charge is 0.351 e. The van der Waals surface area contributed by atoms with Crippen LogP contribution in [0.1, 0.15) is 5.56 Å². The number of alkyl halides is 1. The van der Waals surface area contributed by atoms with Crippen molar-refractivity contribution in [1.82, 2.24) is 5.32 Å². The van der Waals surface area contributed by atoms with Crippen LogP contribution in [0.4, 0.5) is 0 Å². The molecule has 0 spiro atoms. The molecule has 1 fully saturated rings. The summed E-state index contributed by atoms with van der Waals surface area (Å²) >= 11 is 5.90. The topological polar surface area (TPSA) is 29.1 Å². The van der Waals surface area contributed by atoms with Gasteiger partial charge in [-0.1, -0.05) is 36.4 Å². The first-order valence-corrected chi connectivity index (χ1v) is 4.88. The summed E-state index contributed by atoms with van der Waals surface area (Å²) in [5.41, 5.74) is 2.01. The Balaban J connectivity index is 2.24. The van der Waals surface area contributed by atoms with Crippen molar-refractivity contribution in [2.24, 2.45) is 0 Å². The second kappa shape index (κ2) is 3.84. The molecule has 0 bridgehead atoms. The maximum Gasteiger partial charge on any atom is 0.242 e. The van der Waals surface area contributed by atoms with Gasteiger partial charge in [0.1, 0.15) is 5.38 Å². The van der Waals surface area contributed by atoms with E-state index in [1.807, 2.05) is 36.4 Å². The van der Waals surface area contributed by atoms with Crippen molar-refractivity contribution in [3.8, 4) is 0 Å². The van der Waals surface area contributed by atoms with Crippen molar-refractivity contribution in [3.05, 3.63) is 41.5 Å². The Morgan fingerprint density at radius 2 is 2.07 bits per heavy atom. The minimum Gasteiger partial charge on any atom is -0.351 e. The van der Waals surface area contributed by atoms with E-state index in [0.29, 0.717) is 6.54 Å². The fraction of sp³-hybridized carbons (Fsp3) is 0.182. The molecule has 1 atom stereocenters. The first kappa shape index (κ1) is 9.28. The van der Waals surface area contributed by atoms with Gasteiger partial charge in [0.2, 0.25) is 5.91 Å². The van der Waals surface area contributed by atoms with Gasteiger partial charge in [0.25, 0.3) is 0 Å². The Kier molecular flexibility index (Phi) is 2.55. The van der Waals surface area contributed by atoms with Crippen LogP contribution in [0.25, 0.3) is 6.08 Å². The molecule has 3 heteroatoms. The van der Waals surface area contributed by atoms with Crippen LogP contribution >= 0.6 is 11.6 Å². The highest BCUT2D eigenvalue weighted by Gasteiger charge is 2.26. The number of hydrogen-bond donors (Lipinski definition) is 1. The smallest absolute Gasteiger partial charge is 0.242 e. The molecule has 2 nitrogen and oxygen atoms in total. The summed E-state index contributed by atoms with van der Waals surface area (Å²) in [7, 11) is 0. The lowest BCUT2D eigenvalue weighted by Crippen LogP contribution is -2.18. The van der Waals surface area contributed by atoms with E-state index >= 15 is 0 Å². The van der Waals surface area contributed by atoms with Gasteiger partial charge >= 0.3 is 0 Å². The summed E-state index contributed by atoms with van der Waals surface area (Å²) in [6, 6.07) is 9.84. The van der Waals surface area contributed by atoms with E-state index in [-0.39, 0.29) is 5.91 Å². The zero-order valence-electron chi connectivity index (χ0n) is 7.53. The van der Waals surface area contributed by atoms with Gasteiger partial charge in [0.05, 0.1) is 0 Å². The van der Waals surface area contributed by atoms with Crippen LogP contribution in [-0.4, -0.2) is 17.8 Å². The number of carbonyl (C=O) groups excluding carboxylic acids is 1. The van der Waals surface area contributed by atoms with Gasteiger partial charge in [0.15, 0.2) is 0 Å². The van der Waals surface area contributed by atoms with Crippen molar-refractivity contribution in [1.29, 1.82) is 0 Å². The van der Waals surface area contributed by atoms with Crippen LogP contribution in [0.15, 0.2) is 35.9 Å². The highest BCUT2D eigenvalue weighted by atomic mass is 35.5. The van der Waals surface area contributed by atoms with Gasteiger partial charge in [-0.25, -0.2) is 0 Å². The first-order valence-electron chi connectivity index (χ1n) is 4.44. The van der Waals surface area contributed by atoms with Crippen LogP contribution < -0.4 is 5.32 Å². The lowest BCUT2D eigenvalue weighted by molar-refractivity contribution is -0.118. The fourth-order valence-electron chi connectivity index (χ4n) is 1.42. The van der Waals surface area contributed by atoms with Gasteiger partial charge in [0, 0.05) is 6.54 Å². The number of rotatable bonds is 1. The van der Waals surface area contributed by atoms with Crippen LogP contribution in [0.2, 0.25) is 0 Å². The quantitative estimate of drug-likeness (QED) is 0.700. The number of carbonyl (C=O) groups is 1. The first-order chi connectivity index (χ1) is 6.77. The summed E-state index contributed by atoms with van der Waals surface area (Å²) in [6.07, 6.45) is 1.95. The van der Waals surface area contributed by atoms with E-state index in [1.54, 1.807) is 0 Å². The molecule has 1 N–H and O–H groups in total. The maximum atomic E-state index is 11.1. The van der Waals surface area contributed by atoms with Crippen LogP contribution in [0.3, 0.4) is 0 Å².